The first-order valence-electron chi connectivity index (χ1n) is 6.71. The molecule has 8 heteroatoms. The number of amides is 1. The molecule has 23 heavy (non-hydrogen) atoms. The Balaban J connectivity index is 2.23. The third-order valence-corrected chi connectivity index (χ3v) is 3.30. The normalized spacial score (nSPS) is 11.7. The molecule has 0 aromatic heterocycles. The molecule has 0 saturated carbocycles. The van der Waals surface area contributed by atoms with Crippen molar-refractivity contribution in [2.45, 2.75) is 12.8 Å². The van der Waals surface area contributed by atoms with E-state index < -0.39 is 11.1 Å². The Kier molecular flexibility index (Phi) is 5.14. The molecule has 0 aliphatic heterocycles. The molecule has 8 nitrogen and oxygen atoms in total. The van der Waals surface area contributed by atoms with E-state index in [0.717, 1.165) is 17.7 Å². The van der Waals surface area contributed by atoms with Crippen LogP contribution in [0, 0.1) is 10.4 Å². The van der Waals surface area contributed by atoms with Crippen molar-refractivity contribution in [2.24, 2.45) is 0 Å². The second-order valence-electron chi connectivity index (χ2n) is 4.91. The Hall–Kier alpha value is -2.65. The van der Waals surface area contributed by atoms with Crippen molar-refractivity contribution in [3.63, 3.8) is 0 Å². The first-order valence-corrected chi connectivity index (χ1v) is 6.71. The van der Waals surface area contributed by atoms with Crippen LogP contribution in [0.4, 0.5) is 17.1 Å². The van der Waals surface area contributed by atoms with Gasteiger partial charge in [-0.15, -0.1) is 5.23 Å². The zero-order valence-electron chi connectivity index (χ0n) is 12.2. The molecule has 0 bridgehead atoms. The van der Waals surface area contributed by atoms with E-state index in [1.165, 1.54) is 6.07 Å². The third kappa shape index (κ3) is 4.18. The average molecular weight is 317 g/mol. The van der Waals surface area contributed by atoms with Gasteiger partial charge < -0.3 is 21.0 Å². The molecule has 2 aromatic rings. The van der Waals surface area contributed by atoms with Crippen LogP contribution in [-0.2, 0) is 4.79 Å². The summed E-state index contributed by atoms with van der Waals surface area (Å²) >= 11 is 0. The molecule has 0 aliphatic rings. The van der Waals surface area contributed by atoms with E-state index >= 15 is 0 Å². The average Bonchev–Trinajstić information content (AvgIpc) is 2.54. The zero-order valence-corrected chi connectivity index (χ0v) is 12.2. The second-order valence-corrected chi connectivity index (χ2v) is 4.91. The minimum absolute atomic E-state index is 0.0927. The van der Waals surface area contributed by atoms with Gasteiger partial charge in [0, 0.05) is 11.4 Å². The minimum Gasteiger partial charge on any atom is -0.769 e. The van der Waals surface area contributed by atoms with Crippen LogP contribution < -0.4 is 15.8 Å². The lowest BCUT2D eigenvalue weighted by atomic mass is 10.0. The first-order chi connectivity index (χ1) is 10.9. The number of anilines is 3. The van der Waals surface area contributed by atoms with Gasteiger partial charge in [0.2, 0.25) is 5.91 Å². The molecule has 0 fully saturated rings. The first kappa shape index (κ1) is 16.7. The van der Waals surface area contributed by atoms with Crippen molar-refractivity contribution in [3.8, 4) is 0 Å². The van der Waals surface area contributed by atoms with Gasteiger partial charge >= 0.3 is 0 Å². The third-order valence-electron chi connectivity index (χ3n) is 3.30. The number of hydrogen-bond donors (Lipinski definition) is 3. The number of carbonyl (C=O) groups excluding carboxylic acids is 1. The highest BCUT2D eigenvalue weighted by Gasteiger charge is 2.16. The van der Waals surface area contributed by atoms with Crippen LogP contribution in [0.1, 0.15) is 18.4 Å². The summed E-state index contributed by atoms with van der Waals surface area (Å²) in [6, 6.07) is 12.4. The quantitative estimate of drug-likeness (QED) is 0.725. The number of nitrogens with zero attached hydrogens (tertiary/aromatic N) is 2. The van der Waals surface area contributed by atoms with E-state index in [0.29, 0.717) is 0 Å². The van der Waals surface area contributed by atoms with Crippen LogP contribution in [0.2, 0.25) is 0 Å². The van der Waals surface area contributed by atoms with Crippen LogP contribution in [-0.4, -0.2) is 16.3 Å². The van der Waals surface area contributed by atoms with E-state index in [4.69, 9.17) is 10.4 Å². The molecule has 1 atom stereocenters. The van der Waals surface area contributed by atoms with Crippen molar-refractivity contribution in [3.05, 3.63) is 64.5 Å². The molecule has 3 N–H and O–H groups in total. The molecule has 0 saturated heterocycles. The lowest BCUT2D eigenvalue weighted by Crippen LogP contribution is -2.20. The van der Waals surface area contributed by atoms with E-state index in [-0.39, 0.29) is 28.2 Å². The molecule has 1 amide bonds. The lowest BCUT2D eigenvalue weighted by Gasteiger charge is -2.38. The van der Waals surface area contributed by atoms with Gasteiger partial charge in [0.25, 0.3) is 0 Å². The summed E-state index contributed by atoms with van der Waals surface area (Å²) in [6.07, 6.45) is 0. The van der Waals surface area contributed by atoms with Gasteiger partial charge in [-0.05, 0) is 30.7 Å². The molecule has 0 spiro atoms. The van der Waals surface area contributed by atoms with Crippen LogP contribution in [0.25, 0.3) is 0 Å². The van der Waals surface area contributed by atoms with Crippen molar-refractivity contribution < 1.29 is 15.2 Å². The maximum atomic E-state index is 12.3. The highest BCUT2D eigenvalue weighted by atomic mass is 16.8. The molecule has 0 aliphatic carbocycles. The van der Waals surface area contributed by atoms with Gasteiger partial charge in [0.15, 0.2) is 0 Å². The SMILES string of the molecule is CC(C(=O)Nc1cc(N([O-])[O-])cc(N(O)O)c1)c1ccccc1. The summed E-state index contributed by atoms with van der Waals surface area (Å²) in [5.74, 6) is -0.844. The zero-order chi connectivity index (χ0) is 17.0. The van der Waals surface area contributed by atoms with Gasteiger partial charge in [-0.2, -0.15) is 0 Å². The lowest BCUT2D eigenvalue weighted by molar-refractivity contribution is -0.117. The summed E-state index contributed by atoms with van der Waals surface area (Å²) in [4.78, 5) is 12.3. The highest BCUT2D eigenvalue weighted by Crippen LogP contribution is 2.27. The predicted octanol–water partition coefficient (Wildman–Crippen LogP) is 2.82. The van der Waals surface area contributed by atoms with Gasteiger partial charge in [-0.1, -0.05) is 30.3 Å². The fourth-order valence-corrected chi connectivity index (χ4v) is 2.03. The Morgan fingerprint density at radius 1 is 1.09 bits per heavy atom. The van der Waals surface area contributed by atoms with Crippen molar-refractivity contribution >= 4 is 23.0 Å². The van der Waals surface area contributed by atoms with E-state index in [1.54, 1.807) is 31.2 Å². The second kappa shape index (κ2) is 7.07. The summed E-state index contributed by atoms with van der Waals surface area (Å²) in [5, 5.41) is 41.4. The summed E-state index contributed by atoms with van der Waals surface area (Å²) in [7, 11) is 0. The van der Waals surface area contributed by atoms with Crippen LogP contribution in [0.15, 0.2) is 48.5 Å². The Morgan fingerprint density at radius 2 is 1.70 bits per heavy atom. The molecule has 1 unspecified atom stereocenters. The number of carbonyl (C=O) groups is 1. The van der Waals surface area contributed by atoms with Gasteiger partial charge in [0.1, 0.15) is 0 Å². The molecule has 0 heterocycles. The smallest absolute Gasteiger partial charge is 0.231 e. The van der Waals surface area contributed by atoms with Crippen molar-refractivity contribution in [1.82, 2.24) is 0 Å². The maximum absolute atomic E-state index is 12.3. The Morgan fingerprint density at radius 3 is 2.26 bits per heavy atom. The number of benzene rings is 2. The molecule has 2 aromatic carbocycles. The maximum Gasteiger partial charge on any atom is 0.231 e. The number of rotatable bonds is 5. The van der Waals surface area contributed by atoms with Crippen LogP contribution in [0.5, 0.6) is 0 Å². The molecule has 2 rings (SSSR count). The molecular weight excluding hydrogens is 302 g/mol. The van der Waals surface area contributed by atoms with Crippen molar-refractivity contribution in [1.29, 1.82) is 0 Å². The van der Waals surface area contributed by atoms with Crippen LogP contribution >= 0.6 is 0 Å². The number of nitrogens with one attached hydrogen (secondary N) is 1. The fraction of sp³-hybridized carbons (Fsp3) is 0.133. The standard InChI is InChI=1S/C15H15N3O5/c1-10(11-5-3-2-4-6-11)15(19)16-12-7-13(17(20)21)9-14(8-12)18(22)23/h2-10,20-21H,1H3,(H,16,19)/q-2. The monoisotopic (exact) mass is 317 g/mol. The summed E-state index contributed by atoms with van der Waals surface area (Å²) in [6.45, 7) is 1.70. The van der Waals surface area contributed by atoms with Crippen LogP contribution in [0.3, 0.4) is 0 Å². The number of hydrogen-bond acceptors (Lipinski definition) is 7. The fourth-order valence-electron chi connectivity index (χ4n) is 2.03. The Bertz CT molecular complexity index is 650. The van der Waals surface area contributed by atoms with Gasteiger partial charge in [0.05, 0.1) is 11.6 Å². The summed E-state index contributed by atoms with van der Waals surface area (Å²) in [5.41, 5.74) is 0.275. The minimum atomic E-state index is -0.691. The van der Waals surface area contributed by atoms with E-state index in [1.807, 2.05) is 6.07 Å². The largest absolute Gasteiger partial charge is 0.769 e. The molecule has 122 valence electrons. The topological polar surface area (TPSA) is 122 Å². The summed E-state index contributed by atoms with van der Waals surface area (Å²) < 4.78 is 0. The van der Waals surface area contributed by atoms with Gasteiger partial charge in [-0.25, -0.2) is 0 Å². The molecular formula is C15H15N3O5-2. The van der Waals surface area contributed by atoms with E-state index in [9.17, 15) is 15.2 Å². The Labute approximate surface area is 132 Å². The predicted molar refractivity (Wildman–Crippen MR) is 85.2 cm³/mol. The molecule has 0 radical (unpaired) electrons. The van der Waals surface area contributed by atoms with Gasteiger partial charge in [-0.3, -0.25) is 15.2 Å². The highest BCUT2D eigenvalue weighted by molar-refractivity contribution is 5.96. The van der Waals surface area contributed by atoms with E-state index in [2.05, 4.69) is 5.32 Å². The van der Waals surface area contributed by atoms with Crippen molar-refractivity contribution in [2.75, 3.05) is 15.8 Å².